The molecular weight excluding hydrogens is 517 g/mol. The molecule has 3 aromatic heterocycles. The Morgan fingerprint density at radius 3 is 2.47 bits per heavy atom. The molecule has 1 atom stereocenters. The zero-order valence-electron chi connectivity index (χ0n) is 20.7. The van der Waals surface area contributed by atoms with Gasteiger partial charge in [0, 0.05) is 0 Å². The van der Waals surface area contributed by atoms with Gasteiger partial charge in [-0.15, -0.1) is 0 Å². The summed E-state index contributed by atoms with van der Waals surface area (Å²) in [5.74, 6) is -0.337. The number of carbonyl (C=O) groups is 2. The summed E-state index contributed by atoms with van der Waals surface area (Å²) in [5, 5.41) is 22.5. The number of H-pyrrole nitrogens is 1. The number of fused-ring (bicyclic) bond motifs is 1. The molecule has 9 heteroatoms. The Balaban J connectivity index is 1.46. The second kappa shape index (κ2) is 10.0. The Morgan fingerprint density at radius 2 is 1.81 bits per heavy atom. The van der Waals surface area contributed by atoms with Gasteiger partial charge in [0.25, 0.3) is 0 Å². The van der Waals surface area contributed by atoms with E-state index < -0.39 is 20.6 Å². The molecule has 5 rings (SSSR count). The van der Waals surface area contributed by atoms with E-state index in [-0.39, 0.29) is 20.8 Å². The fraction of sp³-hybridized carbons (Fsp3) is 0.370. The number of carboxylic acid groups (broad SMARTS) is 1. The van der Waals surface area contributed by atoms with Crippen molar-refractivity contribution < 1.29 is 14.7 Å². The van der Waals surface area contributed by atoms with Crippen LogP contribution >= 0.6 is 0 Å². The first kappa shape index (κ1) is 24.4. The summed E-state index contributed by atoms with van der Waals surface area (Å²) < 4.78 is 2.49. The molecule has 36 heavy (non-hydrogen) atoms. The minimum absolute atomic E-state index is 0.0378. The number of hydrogen-bond acceptors (Lipinski definition) is 5. The summed E-state index contributed by atoms with van der Waals surface area (Å²) in [5.41, 5.74) is 3.59. The molecule has 0 bridgehead atoms. The average molecular weight is 547 g/mol. The maximum absolute atomic E-state index is 13.7. The van der Waals surface area contributed by atoms with Crippen molar-refractivity contribution in [3.05, 3.63) is 54.5 Å². The molecule has 4 aromatic rings. The molecule has 1 fully saturated rings. The van der Waals surface area contributed by atoms with Crippen LogP contribution in [-0.4, -0.2) is 55.3 Å². The first-order valence-electron chi connectivity index (χ1n) is 12.4. The predicted octanol–water partition coefficient (Wildman–Crippen LogP) is 4.56. The van der Waals surface area contributed by atoms with Gasteiger partial charge in [0.1, 0.15) is 0 Å². The van der Waals surface area contributed by atoms with Crippen molar-refractivity contribution in [2.24, 2.45) is 11.8 Å². The molecule has 0 spiro atoms. The van der Waals surface area contributed by atoms with Crippen molar-refractivity contribution in [1.29, 1.82) is 0 Å². The standard InChI is InChI=1S/C27H30AsN5O3/c1-16(2)28(25(34)19-6-4-17(3)5-7-19)24-23(27(35)36)15-33(32-24)22-10-8-18(9-11-22)20-12-21-14-30-31-26(21)29-13-20/h8-17,19H,4-7H2,1-3H3,(H,35,36)(H,29,30,31)/t17-,19-,28?. The van der Waals surface area contributed by atoms with Gasteiger partial charge in [0.05, 0.1) is 0 Å². The third-order valence-electron chi connectivity index (χ3n) is 7.03. The van der Waals surface area contributed by atoms with E-state index >= 15 is 0 Å². The van der Waals surface area contributed by atoms with E-state index in [4.69, 9.17) is 5.10 Å². The third-order valence-corrected chi connectivity index (χ3v) is 12.6. The van der Waals surface area contributed by atoms with Crippen LogP contribution in [0.4, 0.5) is 0 Å². The summed E-state index contributed by atoms with van der Waals surface area (Å²) in [6.45, 7) is 6.31. The van der Waals surface area contributed by atoms with Crippen LogP contribution in [0.2, 0.25) is 4.71 Å². The van der Waals surface area contributed by atoms with Gasteiger partial charge in [-0.3, -0.25) is 0 Å². The van der Waals surface area contributed by atoms with Gasteiger partial charge in [-0.25, -0.2) is 0 Å². The SMILES string of the molecule is CC(C)[As](c1nn(-c2ccc(-c3cnc4[nH]ncc4c3)cc2)cc1C(=O)O)C(=O)[C@H]1CC[C@H](C)CC1. The minimum atomic E-state index is -2.38. The second-order valence-electron chi connectivity index (χ2n) is 9.95. The van der Waals surface area contributed by atoms with E-state index in [1.54, 1.807) is 23.3 Å². The summed E-state index contributed by atoms with van der Waals surface area (Å²) in [7, 11) is 0. The Hall–Kier alpha value is -3.25. The number of aromatic nitrogens is 5. The molecule has 0 saturated heterocycles. The van der Waals surface area contributed by atoms with Gasteiger partial charge < -0.3 is 0 Å². The zero-order valence-corrected chi connectivity index (χ0v) is 22.6. The zero-order chi connectivity index (χ0) is 25.4. The molecule has 8 nitrogen and oxygen atoms in total. The average Bonchev–Trinajstić information content (AvgIpc) is 3.51. The van der Waals surface area contributed by atoms with Crippen molar-refractivity contribution in [2.75, 3.05) is 0 Å². The fourth-order valence-electron chi connectivity index (χ4n) is 4.93. The van der Waals surface area contributed by atoms with Crippen molar-refractivity contribution >= 4 is 40.7 Å². The topological polar surface area (TPSA) is 114 Å². The molecule has 0 aliphatic heterocycles. The number of carbonyl (C=O) groups excluding carboxylic acids is 1. The molecule has 186 valence electrons. The predicted molar refractivity (Wildman–Crippen MR) is 140 cm³/mol. The van der Waals surface area contributed by atoms with Gasteiger partial charge in [0.2, 0.25) is 0 Å². The number of benzene rings is 1. The molecule has 1 unspecified atom stereocenters. The molecule has 0 radical (unpaired) electrons. The van der Waals surface area contributed by atoms with Crippen LogP contribution in [0.15, 0.2) is 48.9 Å². The molecular formula is C27H30AsN5O3. The summed E-state index contributed by atoms with van der Waals surface area (Å²) in [6.07, 6.45) is 9.03. The number of aromatic amines is 1. The molecule has 1 aliphatic carbocycles. The molecule has 3 heterocycles. The van der Waals surface area contributed by atoms with Crippen molar-refractivity contribution in [3.63, 3.8) is 0 Å². The van der Waals surface area contributed by atoms with E-state index in [2.05, 4.69) is 22.1 Å². The molecule has 0 amide bonds. The third kappa shape index (κ3) is 4.74. The van der Waals surface area contributed by atoms with Gasteiger partial charge >= 0.3 is 215 Å². The molecule has 1 saturated carbocycles. The summed E-state index contributed by atoms with van der Waals surface area (Å²) >= 11 is -2.38. The number of pyridine rings is 1. The van der Waals surface area contributed by atoms with Crippen LogP contribution in [0.3, 0.4) is 0 Å². The molecule has 2 N–H and O–H groups in total. The Morgan fingerprint density at radius 1 is 1.08 bits per heavy atom. The fourth-order valence-corrected chi connectivity index (χ4v) is 10.1. The van der Waals surface area contributed by atoms with Gasteiger partial charge in [-0.05, 0) is 0 Å². The first-order valence-corrected chi connectivity index (χ1v) is 15.3. The van der Waals surface area contributed by atoms with E-state index in [9.17, 15) is 14.7 Å². The van der Waals surface area contributed by atoms with Crippen LogP contribution in [0.25, 0.3) is 27.8 Å². The van der Waals surface area contributed by atoms with Gasteiger partial charge in [-0.2, -0.15) is 0 Å². The maximum atomic E-state index is 13.7. The first-order chi connectivity index (χ1) is 17.3. The van der Waals surface area contributed by atoms with E-state index in [0.717, 1.165) is 53.5 Å². The van der Waals surface area contributed by atoms with Crippen molar-refractivity contribution in [2.45, 2.75) is 51.2 Å². The molecule has 1 aromatic carbocycles. The van der Waals surface area contributed by atoms with Gasteiger partial charge in [0.15, 0.2) is 0 Å². The van der Waals surface area contributed by atoms with Crippen LogP contribution in [-0.2, 0) is 4.79 Å². The molecule has 1 aliphatic rings. The number of aromatic carboxylic acids is 1. The second-order valence-corrected chi connectivity index (χ2v) is 15.5. The number of nitrogens with zero attached hydrogens (tertiary/aromatic N) is 4. The van der Waals surface area contributed by atoms with Crippen LogP contribution in [0.5, 0.6) is 0 Å². The van der Waals surface area contributed by atoms with E-state index in [1.807, 2.05) is 44.2 Å². The van der Waals surface area contributed by atoms with Crippen LogP contribution in [0.1, 0.15) is 56.8 Å². The quantitative estimate of drug-likeness (QED) is 0.328. The Labute approximate surface area is 214 Å². The van der Waals surface area contributed by atoms with Gasteiger partial charge in [-0.1, -0.05) is 0 Å². The normalized spacial score (nSPS) is 19.0. The number of carboxylic acids is 1. The van der Waals surface area contributed by atoms with Crippen LogP contribution in [0, 0.1) is 11.8 Å². The van der Waals surface area contributed by atoms with Crippen LogP contribution < -0.4 is 4.48 Å². The Kier molecular flexibility index (Phi) is 6.80. The van der Waals surface area contributed by atoms with Crippen molar-refractivity contribution in [1.82, 2.24) is 25.0 Å². The number of nitrogens with one attached hydrogen (secondary N) is 1. The number of hydrogen-bond donors (Lipinski definition) is 2. The summed E-state index contributed by atoms with van der Waals surface area (Å²) in [4.78, 5) is 30.3. The Bertz CT molecular complexity index is 1400. The summed E-state index contributed by atoms with van der Waals surface area (Å²) in [6, 6.07) is 9.77. The van der Waals surface area contributed by atoms with E-state index in [0.29, 0.717) is 10.4 Å². The van der Waals surface area contributed by atoms with E-state index in [1.165, 1.54) is 0 Å². The monoisotopic (exact) mass is 547 g/mol. The van der Waals surface area contributed by atoms with Crippen molar-refractivity contribution in [3.8, 4) is 16.8 Å². The number of rotatable bonds is 7.